The van der Waals surface area contributed by atoms with Crippen molar-refractivity contribution in [3.05, 3.63) is 18.0 Å². The van der Waals surface area contributed by atoms with Crippen LogP contribution >= 0.6 is 0 Å². The molecule has 2 aliphatic rings. The van der Waals surface area contributed by atoms with Gasteiger partial charge in [0, 0.05) is 63.1 Å². The first-order chi connectivity index (χ1) is 11.0. The maximum absolute atomic E-state index is 12.7. The number of carbonyl (C=O) groups is 1. The lowest BCUT2D eigenvalue weighted by molar-refractivity contribution is -0.130. The molecule has 3 rings (SSSR count). The third-order valence-electron chi connectivity index (χ3n) is 5.12. The number of hydrogen-bond acceptors (Lipinski definition) is 4. The normalized spacial score (nSPS) is 24.4. The quantitative estimate of drug-likeness (QED) is 0.905. The smallest absolute Gasteiger partial charge is 0.225 e. The van der Waals surface area contributed by atoms with Gasteiger partial charge in [0.05, 0.1) is 12.1 Å². The molecule has 1 aromatic heterocycles. The predicted octanol–water partition coefficient (Wildman–Crippen LogP) is 1.17. The first kappa shape index (κ1) is 16.5. The molecule has 0 radical (unpaired) electrons. The molecular weight excluding hydrogens is 292 g/mol. The van der Waals surface area contributed by atoms with Crippen LogP contribution in [0, 0.1) is 11.3 Å². The summed E-state index contributed by atoms with van der Waals surface area (Å²) in [5.41, 5.74) is 1.28. The fourth-order valence-corrected chi connectivity index (χ4v) is 4.03. The summed E-state index contributed by atoms with van der Waals surface area (Å²) in [7, 11) is 1.94. The number of rotatable bonds is 4. The summed E-state index contributed by atoms with van der Waals surface area (Å²) in [6.45, 7) is 8.25. The van der Waals surface area contributed by atoms with Crippen molar-refractivity contribution in [2.75, 3.05) is 26.3 Å². The van der Waals surface area contributed by atoms with E-state index in [-0.39, 0.29) is 23.3 Å². The van der Waals surface area contributed by atoms with Crippen molar-refractivity contribution in [1.29, 1.82) is 0 Å². The molecule has 6 nitrogen and oxygen atoms in total. The average molecular weight is 320 g/mol. The van der Waals surface area contributed by atoms with Gasteiger partial charge in [0.25, 0.3) is 0 Å². The molecule has 0 aromatic carbocycles. The minimum atomic E-state index is 0.0606. The van der Waals surface area contributed by atoms with Gasteiger partial charge in [0.15, 0.2) is 0 Å². The molecule has 0 aliphatic carbocycles. The second kappa shape index (κ2) is 6.61. The summed E-state index contributed by atoms with van der Waals surface area (Å²) in [5.74, 6) is 0.265. The Morgan fingerprint density at radius 1 is 1.48 bits per heavy atom. The molecule has 0 saturated carbocycles. The largest absolute Gasteiger partial charge is 0.381 e. The van der Waals surface area contributed by atoms with Crippen LogP contribution < -0.4 is 5.32 Å². The van der Waals surface area contributed by atoms with Crippen LogP contribution in [0.15, 0.2) is 12.4 Å². The van der Waals surface area contributed by atoms with Crippen LogP contribution in [0.25, 0.3) is 0 Å². The number of aryl methyl sites for hydroxylation is 1. The van der Waals surface area contributed by atoms with Crippen molar-refractivity contribution in [2.45, 2.75) is 39.3 Å². The summed E-state index contributed by atoms with van der Waals surface area (Å²) in [5, 5.41) is 7.37. The summed E-state index contributed by atoms with van der Waals surface area (Å²) >= 11 is 0. The van der Waals surface area contributed by atoms with Gasteiger partial charge in [0.2, 0.25) is 5.91 Å². The lowest BCUT2D eigenvalue weighted by Crippen LogP contribution is -2.46. The molecule has 1 atom stereocenters. The Morgan fingerprint density at radius 2 is 2.22 bits per heavy atom. The highest BCUT2D eigenvalue weighted by atomic mass is 16.5. The Balaban J connectivity index is 1.74. The first-order valence-electron chi connectivity index (χ1n) is 8.56. The van der Waals surface area contributed by atoms with Crippen LogP contribution in [0.2, 0.25) is 0 Å². The van der Waals surface area contributed by atoms with Gasteiger partial charge >= 0.3 is 0 Å². The molecule has 0 unspecified atom stereocenters. The maximum atomic E-state index is 12.7. The van der Waals surface area contributed by atoms with Crippen molar-refractivity contribution in [3.8, 4) is 0 Å². The number of hydrogen-bond donors (Lipinski definition) is 1. The van der Waals surface area contributed by atoms with Gasteiger partial charge in [-0.05, 0) is 26.7 Å². The number of likely N-dealkylation sites (tertiary alicyclic amines) is 1. The van der Waals surface area contributed by atoms with Gasteiger partial charge in [-0.25, -0.2) is 0 Å². The Morgan fingerprint density at radius 3 is 2.83 bits per heavy atom. The maximum Gasteiger partial charge on any atom is 0.225 e. The van der Waals surface area contributed by atoms with E-state index < -0.39 is 0 Å². The van der Waals surface area contributed by atoms with Crippen LogP contribution in [0.4, 0.5) is 0 Å². The van der Waals surface area contributed by atoms with Gasteiger partial charge in [0.1, 0.15) is 0 Å². The topological polar surface area (TPSA) is 59.4 Å². The highest BCUT2D eigenvalue weighted by molar-refractivity contribution is 5.80. The van der Waals surface area contributed by atoms with E-state index in [0.717, 1.165) is 45.7 Å². The average Bonchev–Trinajstić information content (AvgIpc) is 3.04. The zero-order chi connectivity index (χ0) is 16.4. The van der Waals surface area contributed by atoms with Crippen LogP contribution in [-0.2, 0) is 23.1 Å². The Hall–Kier alpha value is -1.40. The van der Waals surface area contributed by atoms with Crippen LogP contribution in [-0.4, -0.2) is 52.9 Å². The Kier molecular flexibility index (Phi) is 4.73. The molecule has 3 heterocycles. The van der Waals surface area contributed by atoms with Gasteiger partial charge < -0.3 is 10.1 Å². The number of nitrogens with zero attached hydrogens (tertiary/aromatic N) is 3. The zero-order valence-corrected chi connectivity index (χ0v) is 14.4. The van der Waals surface area contributed by atoms with Crippen LogP contribution in [0.5, 0.6) is 0 Å². The van der Waals surface area contributed by atoms with Crippen LogP contribution in [0.1, 0.15) is 32.3 Å². The molecular formula is C17H28N4O2. The molecule has 2 aliphatic heterocycles. The lowest BCUT2D eigenvalue weighted by Gasteiger charge is -2.37. The second-order valence-electron chi connectivity index (χ2n) is 7.38. The van der Waals surface area contributed by atoms with E-state index in [1.54, 1.807) is 0 Å². The molecule has 6 heteroatoms. The molecule has 1 spiro atoms. The van der Waals surface area contributed by atoms with Crippen molar-refractivity contribution in [1.82, 2.24) is 20.0 Å². The van der Waals surface area contributed by atoms with Gasteiger partial charge in [-0.15, -0.1) is 0 Å². The highest BCUT2D eigenvalue weighted by Crippen LogP contribution is 2.44. The molecule has 1 amide bonds. The molecule has 2 saturated heterocycles. The lowest BCUT2D eigenvalue weighted by atomic mass is 9.71. The van der Waals surface area contributed by atoms with Crippen LogP contribution in [0.3, 0.4) is 0 Å². The molecule has 1 N–H and O–H groups in total. The molecule has 1 aromatic rings. The summed E-state index contributed by atoms with van der Waals surface area (Å²) < 4.78 is 7.39. The first-order valence-corrected chi connectivity index (χ1v) is 8.56. The van der Waals surface area contributed by atoms with E-state index in [1.165, 1.54) is 5.56 Å². The fourth-order valence-electron chi connectivity index (χ4n) is 4.03. The van der Waals surface area contributed by atoms with Gasteiger partial charge in [-0.1, -0.05) is 0 Å². The number of nitrogens with one attached hydrogen (secondary N) is 1. The molecule has 128 valence electrons. The zero-order valence-electron chi connectivity index (χ0n) is 14.4. The van der Waals surface area contributed by atoms with Crippen molar-refractivity contribution in [3.63, 3.8) is 0 Å². The number of ether oxygens (including phenoxy) is 1. The van der Waals surface area contributed by atoms with Gasteiger partial charge in [-0.3, -0.25) is 14.4 Å². The minimum absolute atomic E-state index is 0.0606. The van der Waals surface area contributed by atoms with Crippen molar-refractivity contribution in [2.24, 2.45) is 18.4 Å². The van der Waals surface area contributed by atoms with E-state index in [4.69, 9.17) is 4.74 Å². The van der Waals surface area contributed by atoms with E-state index in [2.05, 4.69) is 21.5 Å². The fraction of sp³-hybridized carbons (Fsp3) is 0.765. The molecule has 2 fully saturated rings. The number of carbonyl (C=O) groups excluding carboxylic acids is 1. The standard InChI is InChI=1S/C17H28N4O2/c1-13(2)19-16(22)15-11-21(10-14-8-18-20(3)9-14)12-17(15)4-6-23-7-5-17/h8-9,13,15H,4-7,10-12H2,1-3H3,(H,19,22)/t15-/m0/s1. The predicted molar refractivity (Wildman–Crippen MR) is 87.7 cm³/mol. The minimum Gasteiger partial charge on any atom is -0.381 e. The Labute approximate surface area is 138 Å². The number of aromatic nitrogens is 2. The van der Waals surface area contributed by atoms with E-state index >= 15 is 0 Å². The summed E-state index contributed by atoms with van der Waals surface area (Å²) in [6.07, 6.45) is 5.93. The summed E-state index contributed by atoms with van der Waals surface area (Å²) in [6, 6.07) is 0.187. The SMILES string of the molecule is CC(C)NC(=O)[C@@H]1CN(Cc2cnn(C)c2)CC12CCOCC2. The third-order valence-corrected chi connectivity index (χ3v) is 5.12. The van der Waals surface area contributed by atoms with Crippen molar-refractivity contribution < 1.29 is 9.53 Å². The van der Waals surface area contributed by atoms with E-state index in [1.807, 2.05) is 31.8 Å². The third kappa shape index (κ3) is 3.58. The second-order valence-corrected chi connectivity index (χ2v) is 7.38. The number of amides is 1. The van der Waals surface area contributed by atoms with Crippen molar-refractivity contribution >= 4 is 5.91 Å². The Bertz CT molecular complexity index is 549. The highest BCUT2D eigenvalue weighted by Gasteiger charge is 2.50. The van der Waals surface area contributed by atoms with Gasteiger partial charge in [-0.2, -0.15) is 5.10 Å². The van der Waals surface area contributed by atoms with E-state index in [9.17, 15) is 4.79 Å². The van der Waals surface area contributed by atoms with E-state index in [0.29, 0.717) is 0 Å². The molecule has 0 bridgehead atoms. The summed E-state index contributed by atoms with van der Waals surface area (Å²) in [4.78, 5) is 15.1. The monoisotopic (exact) mass is 320 g/mol. The molecule has 23 heavy (non-hydrogen) atoms.